The molecule has 0 amide bonds. The number of aromatic nitrogens is 2. The predicted molar refractivity (Wildman–Crippen MR) is 62.3 cm³/mol. The normalized spacial score (nSPS) is 20.2. The van der Waals surface area contributed by atoms with Crippen LogP contribution in [0, 0.1) is 0 Å². The third-order valence-electron chi connectivity index (χ3n) is 2.86. The van der Waals surface area contributed by atoms with Gasteiger partial charge in [-0.15, -0.1) is 10.2 Å². The lowest BCUT2D eigenvalue weighted by molar-refractivity contribution is -0.141. The van der Waals surface area contributed by atoms with E-state index >= 15 is 0 Å². The van der Waals surface area contributed by atoms with Gasteiger partial charge in [0.05, 0.1) is 11.5 Å². The maximum atomic E-state index is 12.3. The molecule has 2 rings (SSSR count). The van der Waals surface area contributed by atoms with Crippen LogP contribution in [-0.2, 0) is 16.0 Å². The zero-order chi connectivity index (χ0) is 14.1. The van der Waals surface area contributed by atoms with Gasteiger partial charge in [-0.3, -0.25) is 0 Å². The fraction of sp³-hybridized carbons (Fsp3) is 0.600. The maximum absolute atomic E-state index is 12.3. The minimum absolute atomic E-state index is 0.0821. The van der Waals surface area contributed by atoms with Gasteiger partial charge in [-0.2, -0.15) is 13.2 Å². The molecule has 9 heteroatoms. The molecule has 1 aliphatic heterocycles. The third kappa shape index (κ3) is 3.79. The van der Waals surface area contributed by atoms with E-state index in [4.69, 9.17) is 0 Å². The van der Waals surface area contributed by atoms with Crippen LogP contribution in [0.25, 0.3) is 0 Å². The number of alkyl halides is 3. The van der Waals surface area contributed by atoms with Gasteiger partial charge in [-0.1, -0.05) is 0 Å². The summed E-state index contributed by atoms with van der Waals surface area (Å²) in [5, 5.41) is 9.43. The van der Waals surface area contributed by atoms with Crippen molar-refractivity contribution >= 4 is 15.7 Å². The molecule has 1 aliphatic rings. The summed E-state index contributed by atoms with van der Waals surface area (Å²) < 4.78 is 59.3. The highest BCUT2D eigenvalue weighted by Gasteiger charge is 2.33. The van der Waals surface area contributed by atoms with E-state index in [2.05, 4.69) is 15.5 Å². The second-order valence-corrected chi connectivity index (χ2v) is 6.68. The zero-order valence-corrected chi connectivity index (χ0v) is 10.6. The van der Waals surface area contributed by atoms with Crippen LogP contribution < -0.4 is 5.32 Å². The molecule has 5 nitrogen and oxygen atoms in total. The summed E-state index contributed by atoms with van der Waals surface area (Å²) in [6.07, 6.45) is -3.67. The topological polar surface area (TPSA) is 72.0 Å². The smallest absolute Gasteiger partial charge is 0.366 e. The van der Waals surface area contributed by atoms with Crippen molar-refractivity contribution in [3.05, 3.63) is 17.8 Å². The van der Waals surface area contributed by atoms with Crippen LogP contribution in [0.3, 0.4) is 0 Å². The molecule has 0 aromatic carbocycles. The van der Waals surface area contributed by atoms with Gasteiger partial charge in [0.15, 0.2) is 5.69 Å². The number of hydrogen-bond donors (Lipinski definition) is 1. The lowest BCUT2D eigenvalue weighted by Gasteiger charge is -2.23. The summed E-state index contributed by atoms with van der Waals surface area (Å²) in [7, 11) is -2.96. The van der Waals surface area contributed by atoms with E-state index in [9.17, 15) is 21.6 Å². The van der Waals surface area contributed by atoms with Gasteiger partial charge < -0.3 is 5.32 Å². The molecule has 2 heterocycles. The summed E-state index contributed by atoms with van der Waals surface area (Å²) in [4.78, 5) is 0. The SMILES string of the molecule is O=S1(=O)CCC(Nc2ccc(C(F)(F)F)nn2)CC1. The van der Waals surface area contributed by atoms with E-state index in [0.29, 0.717) is 12.8 Å². The largest absolute Gasteiger partial charge is 0.435 e. The van der Waals surface area contributed by atoms with E-state index in [-0.39, 0.29) is 23.4 Å². The van der Waals surface area contributed by atoms with E-state index in [1.54, 1.807) is 0 Å². The molecule has 0 spiro atoms. The molecule has 19 heavy (non-hydrogen) atoms. The fourth-order valence-corrected chi connectivity index (χ4v) is 3.30. The van der Waals surface area contributed by atoms with Crippen molar-refractivity contribution in [2.45, 2.75) is 25.1 Å². The molecule has 0 bridgehead atoms. The van der Waals surface area contributed by atoms with Crippen LogP contribution in [0.4, 0.5) is 19.0 Å². The van der Waals surface area contributed by atoms with Crippen molar-refractivity contribution in [1.29, 1.82) is 0 Å². The Hall–Kier alpha value is -1.38. The van der Waals surface area contributed by atoms with Crippen LogP contribution in [0.1, 0.15) is 18.5 Å². The average molecular weight is 295 g/mol. The number of anilines is 1. The summed E-state index contributed by atoms with van der Waals surface area (Å²) in [5.41, 5.74) is -1.05. The fourth-order valence-electron chi connectivity index (χ4n) is 1.80. The van der Waals surface area contributed by atoms with Crippen LogP contribution in [0.2, 0.25) is 0 Å². The highest BCUT2D eigenvalue weighted by molar-refractivity contribution is 7.91. The molecule has 1 aromatic rings. The van der Waals surface area contributed by atoms with Gasteiger partial charge in [0.2, 0.25) is 0 Å². The third-order valence-corrected chi connectivity index (χ3v) is 4.58. The molecule has 0 radical (unpaired) electrons. The molecule has 0 atom stereocenters. The molecule has 0 unspecified atom stereocenters. The number of hydrogen-bond acceptors (Lipinski definition) is 5. The molecule has 1 N–H and O–H groups in total. The first-order valence-electron chi connectivity index (χ1n) is 5.64. The van der Waals surface area contributed by atoms with E-state index < -0.39 is 21.7 Å². The Labute approximate surface area is 108 Å². The minimum atomic E-state index is -4.51. The quantitative estimate of drug-likeness (QED) is 0.895. The Morgan fingerprint density at radius 3 is 2.26 bits per heavy atom. The molecule has 1 aromatic heterocycles. The lowest BCUT2D eigenvalue weighted by Crippen LogP contribution is -2.32. The molecular weight excluding hydrogens is 283 g/mol. The Balaban J connectivity index is 1.97. The van der Waals surface area contributed by atoms with Gasteiger partial charge in [0.1, 0.15) is 15.7 Å². The first-order valence-corrected chi connectivity index (χ1v) is 7.46. The summed E-state index contributed by atoms with van der Waals surface area (Å²) in [6.45, 7) is 0. The van der Waals surface area contributed by atoms with Gasteiger partial charge in [0.25, 0.3) is 0 Å². The van der Waals surface area contributed by atoms with E-state index in [1.165, 1.54) is 6.07 Å². The predicted octanol–water partition coefficient (Wildman–Crippen LogP) is 1.48. The standard InChI is InChI=1S/C10H12F3N3O2S/c11-10(12,13)8-1-2-9(16-15-8)14-7-3-5-19(17,18)6-4-7/h1-2,7H,3-6H2,(H,14,16). The van der Waals surface area contributed by atoms with E-state index in [0.717, 1.165) is 6.07 Å². The molecule has 0 saturated carbocycles. The number of nitrogens with one attached hydrogen (secondary N) is 1. The summed E-state index contributed by atoms with van der Waals surface area (Å²) in [6, 6.07) is 1.93. The van der Waals surface area contributed by atoms with Gasteiger partial charge in [-0.05, 0) is 25.0 Å². The summed E-state index contributed by atoms with van der Waals surface area (Å²) >= 11 is 0. The Morgan fingerprint density at radius 2 is 1.79 bits per heavy atom. The monoisotopic (exact) mass is 295 g/mol. The van der Waals surface area contributed by atoms with E-state index in [1.807, 2.05) is 0 Å². The minimum Gasteiger partial charge on any atom is -0.366 e. The molecule has 0 aliphatic carbocycles. The van der Waals surface area contributed by atoms with Crippen LogP contribution in [0.5, 0.6) is 0 Å². The first kappa shape index (κ1) is 14.0. The number of nitrogens with zero attached hydrogens (tertiary/aromatic N) is 2. The van der Waals surface area contributed by atoms with Crippen molar-refractivity contribution in [3.63, 3.8) is 0 Å². The number of rotatable bonds is 2. The van der Waals surface area contributed by atoms with Crippen molar-refractivity contribution in [2.24, 2.45) is 0 Å². The summed E-state index contributed by atoms with van der Waals surface area (Å²) in [5.74, 6) is 0.384. The number of halogens is 3. The second-order valence-electron chi connectivity index (χ2n) is 4.37. The number of sulfone groups is 1. The Kier molecular flexibility index (Phi) is 3.66. The molecular formula is C10H12F3N3O2S. The van der Waals surface area contributed by atoms with Gasteiger partial charge >= 0.3 is 6.18 Å². The van der Waals surface area contributed by atoms with Crippen LogP contribution in [0.15, 0.2) is 12.1 Å². The second kappa shape index (κ2) is 4.95. The van der Waals surface area contributed by atoms with Crippen molar-refractivity contribution < 1.29 is 21.6 Å². The van der Waals surface area contributed by atoms with Crippen LogP contribution >= 0.6 is 0 Å². The maximum Gasteiger partial charge on any atom is 0.435 e. The molecule has 1 fully saturated rings. The van der Waals surface area contributed by atoms with Gasteiger partial charge in [0, 0.05) is 6.04 Å². The lowest BCUT2D eigenvalue weighted by atomic mass is 10.1. The molecule has 106 valence electrons. The zero-order valence-electron chi connectivity index (χ0n) is 9.81. The Morgan fingerprint density at radius 1 is 1.16 bits per heavy atom. The first-order chi connectivity index (χ1) is 8.76. The van der Waals surface area contributed by atoms with Crippen molar-refractivity contribution in [1.82, 2.24) is 10.2 Å². The van der Waals surface area contributed by atoms with Crippen molar-refractivity contribution in [2.75, 3.05) is 16.8 Å². The highest BCUT2D eigenvalue weighted by Crippen LogP contribution is 2.27. The highest BCUT2D eigenvalue weighted by atomic mass is 32.2. The van der Waals surface area contributed by atoms with Crippen molar-refractivity contribution in [3.8, 4) is 0 Å². The molecule has 1 saturated heterocycles. The van der Waals surface area contributed by atoms with Crippen LogP contribution in [-0.4, -0.2) is 36.2 Å². The Bertz CT molecular complexity index is 528. The average Bonchev–Trinajstić information content (AvgIpc) is 2.31. The van der Waals surface area contributed by atoms with Gasteiger partial charge in [-0.25, -0.2) is 8.42 Å².